The molecule has 0 unspecified atom stereocenters. The molecule has 0 saturated carbocycles. The minimum Gasteiger partial charge on any atom is -0.273 e. The van der Waals surface area contributed by atoms with E-state index in [0.29, 0.717) is 5.69 Å². The van der Waals surface area contributed by atoms with Gasteiger partial charge in [-0.25, -0.2) is 0 Å². The summed E-state index contributed by atoms with van der Waals surface area (Å²) in [5.74, 6) is 0. The van der Waals surface area contributed by atoms with E-state index in [1.807, 2.05) is 0 Å². The predicted octanol–water partition coefficient (Wildman–Crippen LogP) is 3.79. The largest absolute Gasteiger partial charge is 0.433 e. The zero-order chi connectivity index (χ0) is 14.3. The van der Waals surface area contributed by atoms with E-state index in [1.165, 1.54) is 6.20 Å². The maximum atomic E-state index is 13.0. The van der Waals surface area contributed by atoms with Gasteiger partial charge in [-0.15, -0.1) is 0 Å². The van der Waals surface area contributed by atoms with Crippen molar-refractivity contribution in [3.63, 3.8) is 0 Å². The van der Waals surface area contributed by atoms with E-state index in [9.17, 15) is 13.2 Å². The van der Waals surface area contributed by atoms with Gasteiger partial charge in [-0.3, -0.25) is 10.1 Å². The van der Waals surface area contributed by atoms with Gasteiger partial charge in [0, 0.05) is 11.8 Å². The third kappa shape index (κ3) is 2.62. The Hall–Kier alpha value is -1.85. The van der Waals surface area contributed by atoms with Crippen LogP contribution in [0.4, 0.5) is 13.2 Å². The molecule has 0 aliphatic heterocycles. The molecule has 0 aliphatic rings. The van der Waals surface area contributed by atoms with Crippen LogP contribution < -0.4 is 0 Å². The number of hydrogen-bond acceptors (Lipinski definition) is 2. The van der Waals surface area contributed by atoms with Crippen LogP contribution in [0.1, 0.15) is 32.0 Å². The fourth-order valence-electron chi connectivity index (χ4n) is 1.97. The molecule has 0 amide bonds. The predicted molar refractivity (Wildman–Crippen MR) is 65.5 cm³/mol. The van der Waals surface area contributed by atoms with E-state index >= 15 is 0 Å². The van der Waals surface area contributed by atoms with Crippen LogP contribution in [0.25, 0.3) is 11.4 Å². The topological polar surface area (TPSA) is 41.6 Å². The van der Waals surface area contributed by atoms with Gasteiger partial charge in [0.15, 0.2) is 0 Å². The Bertz CT molecular complexity index is 565. The first kappa shape index (κ1) is 13.6. The molecular weight excluding hydrogens is 255 g/mol. The maximum absolute atomic E-state index is 13.0. The summed E-state index contributed by atoms with van der Waals surface area (Å²) in [5, 5.41) is 5.92. The van der Waals surface area contributed by atoms with Crippen molar-refractivity contribution in [2.24, 2.45) is 0 Å². The number of halogens is 3. The molecule has 0 aromatic carbocycles. The van der Waals surface area contributed by atoms with Gasteiger partial charge in [0.05, 0.1) is 5.69 Å². The summed E-state index contributed by atoms with van der Waals surface area (Å²) < 4.78 is 39.0. The van der Waals surface area contributed by atoms with E-state index in [2.05, 4.69) is 15.2 Å². The van der Waals surface area contributed by atoms with Crippen molar-refractivity contribution in [1.82, 2.24) is 15.2 Å². The number of pyridine rings is 1. The number of aromatic amines is 1. The van der Waals surface area contributed by atoms with Crippen LogP contribution in [-0.2, 0) is 11.6 Å². The van der Waals surface area contributed by atoms with Gasteiger partial charge in [0.25, 0.3) is 0 Å². The molecule has 0 saturated heterocycles. The second-order valence-electron chi connectivity index (χ2n) is 5.28. The van der Waals surface area contributed by atoms with Gasteiger partial charge in [-0.2, -0.15) is 18.3 Å². The molecule has 19 heavy (non-hydrogen) atoms. The van der Waals surface area contributed by atoms with Crippen LogP contribution in [0.2, 0.25) is 0 Å². The Kier molecular flexibility index (Phi) is 3.12. The van der Waals surface area contributed by atoms with Gasteiger partial charge < -0.3 is 0 Å². The number of nitrogens with one attached hydrogen (secondary N) is 1. The summed E-state index contributed by atoms with van der Waals surface area (Å²) in [7, 11) is 0. The lowest BCUT2D eigenvalue weighted by Gasteiger charge is -2.21. The quantitative estimate of drug-likeness (QED) is 0.855. The van der Waals surface area contributed by atoms with Crippen molar-refractivity contribution in [2.45, 2.75) is 32.4 Å². The molecule has 1 N–H and O–H groups in total. The van der Waals surface area contributed by atoms with Crippen molar-refractivity contribution in [2.75, 3.05) is 0 Å². The molecular formula is C13H14F3N3. The van der Waals surface area contributed by atoms with Gasteiger partial charge in [0.2, 0.25) is 0 Å². The monoisotopic (exact) mass is 269 g/mol. The minimum atomic E-state index is -4.46. The number of nitrogens with zero attached hydrogens (tertiary/aromatic N) is 2. The highest BCUT2D eigenvalue weighted by Gasteiger charge is 2.41. The van der Waals surface area contributed by atoms with Crippen molar-refractivity contribution in [3.8, 4) is 11.4 Å². The first-order chi connectivity index (χ1) is 8.71. The van der Waals surface area contributed by atoms with Gasteiger partial charge in [0.1, 0.15) is 11.4 Å². The standard InChI is InChI=1S/C13H14F3N3/c1-12(2,3)9-10(8-6-4-5-7-17-8)18-19-11(9)13(14,15)16/h4-7H,1-3H3,(H,18,19). The highest BCUT2D eigenvalue weighted by molar-refractivity contribution is 5.62. The highest BCUT2D eigenvalue weighted by Crippen LogP contribution is 2.40. The summed E-state index contributed by atoms with van der Waals surface area (Å²) in [4.78, 5) is 4.07. The molecule has 0 aliphatic carbocycles. The number of H-pyrrole nitrogens is 1. The van der Waals surface area contributed by atoms with Crippen molar-refractivity contribution < 1.29 is 13.2 Å². The molecule has 6 heteroatoms. The fourth-order valence-corrected chi connectivity index (χ4v) is 1.97. The average molecular weight is 269 g/mol. The first-order valence-electron chi connectivity index (χ1n) is 5.78. The first-order valence-corrected chi connectivity index (χ1v) is 5.78. The zero-order valence-electron chi connectivity index (χ0n) is 10.8. The Balaban J connectivity index is 2.68. The maximum Gasteiger partial charge on any atom is 0.433 e. The molecule has 0 atom stereocenters. The van der Waals surface area contributed by atoms with E-state index in [1.54, 1.807) is 39.0 Å². The third-order valence-corrected chi connectivity index (χ3v) is 2.71. The number of alkyl halides is 3. The summed E-state index contributed by atoms with van der Waals surface area (Å²) in [5.41, 5.74) is -0.677. The number of rotatable bonds is 1. The lowest BCUT2D eigenvalue weighted by atomic mass is 9.84. The Morgan fingerprint density at radius 2 is 1.79 bits per heavy atom. The van der Waals surface area contributed by atoms with Crippen LogP contribution in [-0.4, -0.2) is 15.2 Å². The third-order valence-electron chi connectivity index (χ3n) is 2.71. The van der Waals surface area contributed by atoms with Crippen LogP contribution in [0.15, 0.2) is 24.4 Å². The van der Waals surface area contributed by atoms with E-state index in [-0.39, 0.29) is 11.3 Å². The Labute approximate surface area is 108 Å². The second-order valence-corrected chi connectivity index (χ2v) is 5.28. The molecule has 2 rings (SSSR count). The van der Waals surface area contributed by atoms with Gasteiger partial charge in [-0.1, -0.05) is 26.8 Å². The van der Waals surface area contributed by atoms with Crippen LogP contribution >= 0.6 is 0 Å². The minimum absolute atomic E-state index is 0.138. The van der Waals surface area contributed by atoms with Crippen molar-refractivity contribution >= 4 is 0 Å². The molecule has 0 fully saturated rings. The molecule has 0 radical (unpaired) electrons. The molecule has 2 aromatic rings. The van der Waals surface area contributed by atoms with Crippen molar-refractivity contribution in [3.05, 3.63) is 35.7 Å². The Morgan fingerprint density at radius 3 is 2.26 bits per heavy atom. The van der Waals surface area contributed by atoms with Crippen LogP contribution in [0.5, 0.6) is 0 Å². The lowest BCUT2D eigenvalue weighted by molar-refractivity contribution is -0.142. The van der Waals surface area contributed by atoms with E-state index < -0.39 is 17.3 Å². The zero-order valence-corrected chi connectivity index (χ0v) is 10.8. The lowest BCUT2D eigenvalue weighted by Crippen LogP contribution is -2.19. The summed E-state index contributed by atoms with van der Waals surface area (Å²) in [6, 6.07) is 5.07. The summed E-state index contributed by atoms with van der Waals surface area (Å²) in [6.45, 7) is 5.17. The summed E-state index contributed by atoms with van der Waals surface area (Å²) in [6.07, 6.45) is -2.92. The summed E-state index contributed by atoms with van der Waals surface area (Å²) >= 11 is 0. The average Bonchev–Trinajstić information content (AvgIpc) is 2.74. The number of hydrogen-bond donors (Lipinski definition) is 1. The SMILES string of the molecule is CC(C)(C)c1c(-c2ccccn2)n[nH]c1C(F)(F)F. The normalized spacial score (nSPS) is 12.7. The molecule has 0 bridgehead atoms. The van der Waals surface area contributed by atoms with Gasteiger partial charge >= 0.3 is 6.18 Å². The number of aromatic nitrogens is 3. The smallest absolute Gasteiger partial charge is 0.273 e. The molecule has 102 valence electrons. The van der Waals surface area contributed by atoms with Gasteiger partial charge in [-0.05, 0) is 17.5 Å². The second kappa shape index (κ2) is 4.36. The van der Waals surface area contributed by atoms with Crippen molar-refractivity contribution in [1.29, 1.82) is 0 Å². The Morgan fingerprint density at radius 1 is 1.11 bits per heavy atom. The van der Waals surface area contributed by atoms with E-state index in [4.69, 9.17) is 0 Å². The van der Waals surface area contributed by atoms with E-state index in [0.717, 1.165) is 0 Å². The molecule has 2 heterocycles. The molecule has 0 spiro atoms. The molecule has 2 aromatic heterocycles. The van der Waals surface area contributed by atoms with Crippen LogP contribution in [0.3, 0.4) is 0 Å². The fraction of sp³-hybridized carbons (Fsp3) is 0.385. The van der Waals surface area contributed by atoms with Crippen LogP contribution in [0, 0.1) is 0 Å². The molecule has 3 nitrogen and oxygen atoms in total. The highest BCUT2D eigenvalue weighted by atomic mass is 19.4.